The number of imidazole rings is 1. The van der Waals surface area contributed by atoms with E-state index in [1.807, 2.05) is 19.3 Å². The van der Waals surface area contributed by atoms with Crippen LogP contribution in [0.5, 0.6) is 11.5 Å². The van der Waals surface area contributed by atoms with Crippen LogP contribution in [0.1, 0.15) is 17.3 Å². The first-order valence-electron chi connectivity index (χ1n) is 9.68. The summed E-state index contributed by atoms with van der Waals surface area (Å²) in [5.74, 6) is -0.812. The molecule has 3 aromatic heterocycles. The summed E-state index contributed by atoms with van der Waals surface area (Å²) in [6.45, 7) is -1.09. The molecule has 0 aliphatic heterocycles. The Balaban J connectivity index is 1.82. The van der Waals surface area contributed by atoms with Gasteiger partial charge in [0, 0.05) is 49.2 Å². The Morgan fingerprint density at radius 2 is 1.94 bits per heavy atom. The van der Waals surface area contributed by atoms with Crippen molar-refractivity contribution in [1.82, 2.24) is 29.6 Å². The molecule has 0 unspecified atom stereocenters. The van der Waals surface area contributed by atoms with E-state index in [1.165, 1.54) is 19.5 Å². The van der Waals surface area contributed by atoms with E-state index in [0.717, 1.165) is 11.1 Å². The average molecular weight is 442 g/mol. The summed E-state index contributed by atoms with van der Waals surface area (Å²) in [6.07, 6.45) is 6.77. The number of fused-ring (bicyclic) bond motifs is 1. The van der Waals surface area contributed by atoms with Gasteiger partial charge in [-0.15, -0.1) is 0 Å². The fourth-order valence-electron chi connectivity index (χ4n) is 3.36. The monoisotopic (exact) mass is 442 g/mol. The van der Waals surface area contributed by atoms with Crippen LogP contribution >= 0.6 is 0 Å². The van der Waals surface area contributed by atoms with Crippen molar-refractivity contribution in [2.24, 2.45) is 7.05 Å². The van der Waals surface area contributed by atoms with Gasteiger partial charge in [0.25, 0.3) is 5.91 Å². The average Bonchev–Trinajstić information content (AvgIpc) is 3.38. The van der Waals surface area contributed by atoms with E-state index in [0.29, 0.717) is 23.4 Å². The lowest BCUT2D eigenvalue weighted by Gasteiger charge is -2.16. The summed E-state index contributed by atoms with van der Waals surface area (Å²) in [4.78, 5) is 21.3. The third-order valence-electron chi connectivity index (χ3n) is 4.76. The van der Waals surface area contributed by atoms with Crippen LogP contribution in [0.25, 0.3) is 28.0 Å². The van der Waals surface area contributed by atoms with Crippen LogP contribution in [0.15, 0.2) is 43.1 Å². The molecule has 4 aromatic rings. The van der Waals surface area contributed by atoms with Crippen LogP contribution in [-0.4, -0.2) is 50.5 Å². The van der Waals surface area contributed by atoms with Crippen LogP contribution in [0, 0.1) is 0 Å². The van der Waals surface area contributed by atoms with Crippen molar-refractivity contribution >= 4 is 17.1 Å². The molecule has 0 fully saturated rings. The standard InChI is InChI=1S/C21H20F2N6O3/c1-4-24-20(30)18-16(31-3)6-14(7-17(18)32-21(22)23)29-11-26-15-5-12(8-25-19(15)29)13-9-27-28(2)10-13/h5-11,21H,4H2,1-3H3,(H,24,30). The lowest BCUT2D eigenvalue weighted by Crippen LogP contribution is -2.24. The number of nitrogens with zero attached hydrogens (tertiary/aromatic N) is 5. The summed E-state index contributed by atoms with van der Waals surface area (Å²) < 4.78 is 39.4. The minimum absolute atomic E-state index is 0.0814. The van der Waals surface area contributed by atoms with Gasteiger partial charge < -0.3 is 14.8 Å². The van der Waals surface area contributed by atoms with Gasteiger partial charge in [0.1, 0.15) is 28.9 Å². The van der Waals surface area contributed by atoms with Crippen molar-refractivity contribution in [2.45, 2.75) is 13.5 Å². The summed E-state index contributed by atoms with van der Waals surface area (Å²) in [7, 11) is 3.17. The first-order valence-corrected chi connectivity index (χ1v) is 9.68. The molecule has 0 radical (unpaired) electrons. The molecule has 0 saturated heterocycles. The minimum Gasteiger partial charge on any atom is -0.496 e. The van der Waals surface area contributed by atoms with Crippen LogP contribution < -0.4 is 14.8 Å². The number of methoxy groups -OCH3 is 1. The van der Waals surface area contributed by atoms with Crippen molar-refractivity contribution in [1.29, 1.82) is 0 Å². The van der Waals surface area contributed by atoms with Crippen molar-refractivity contribution in [3.05, 3.63) is 48.7 Å². The second kappa shape index (κ2) is 8.61. The number of benzene rings is 1. The van der Waals surface area contributed by atoms with Crippen LogP contribution in [0.4, 0.5) is 8.78 Å². The van der Waals surface area contributed by atoms with E-state index in [2.05, 4.69) is 25.1 Å². The number of ether oxygens (including phenoxy) is 2. The molecule has 0 saturated carbocycles. The number of carbonyl (C=O) groups is 1. The van der Waals surface area contributed by atoms with Crippen molar-refractivity contribution in [2.75, 3.05) is 13.7 Å². The number of hydrogen-bond acceptors (Lipinski definition) is 6. The summed E-state index contributed by atoms with van der Waals surface area (Å²) in [5, 5.41) is 6.73. The van der Waals surface area contributed by atoms with Crippen LogP contribution in [0.2, 0.25) is 0 Å². The molecule has 11 heteroatoms. The number of nitrogens with one attached hydrogen (secondary N) is 1. The molecule has 9 nitrogen and oxygen atoms in total. The highest BCUT2D eigenvalue weighted by Gasteiger charge is 2.23. The lowest BCUT2D eigenvalue weighted by atomic mass is 10.1. The smallest absolute Gasteiger partial charge is 0.387 e. The van der Waals surface area contributed by atoms with Crippen molar-refractivity contribution in [3.8, 4) is 28.3 Å². The van der Waals surface area contributed by atoms with E-state index >= 15 is 0 Å². The number of rotatable bonds is 7. The topological polar surface area (TPSA) is 96.1 Å². The van der Waals surface area contributed by atoms with E-state index in [4.69, 9.17) is 4.74 Å². The summed E-state index contributed by atoms with van der Waals surface area (Å²) in [5.41, 5.74) is 3.09. The molecular formula is C21H20F2N6O3. The second-order valence-corrected chi connectivity index (χ2v) is 6.84. The number of carbonyl (C=O) groups excluding carboxylic acids is 1. The molecule has 0 spiro atoms. The summed E-state index contributed by atoms with van der Waals surface area (Å²) >= 11 is 0. The SMILES string of the molecule is CCNC(=O)c1c(OC)cc(-n2cnc3cc(-c4cnn(C)c4)cnc32)cc1OC(F)F. The Hall–Kier alpha value is -4.02. The Morgan fingerprint density at radius 1 is 1.16 bits per heavy atom. The third-order valence-corrected chi connectivity index (χ3v) is 4.76. The van der Waals surface area contributed by atoms with Crippen LogP contribution in [-0.2, 0) is 7.05 Å². The van der Waals surface area contributed by atoms with E-state index in [9.17, 15) is 13.6 Å². The van der Waals surface area contributed by atoms with Gasteiger partial charge in [0.15, 0.2) is 5.65 Å². The number of aromatic nitrogens is 5. The predicted molar refractivity (Wildman–Crippen MR) is 112 cm³/mol. The molecule has 0 aliphatic carbocycles. The first kappa shape index (κ1) is 21.2. The molecular weight excluding hydrogens is 422 g/mol. The maximum Gasteiger partial charge on any atom is 0.387 e. The zero-order valence-corrected chi connectivity index (χ0v) is 17.5. The minimum atomic E-state index is -3.12. The quantitative estimate of drug-likeness (QED) is 0.472. The fourth-order valence-corrected chi connectivity index (χ4v) is 3.36. The van der Waals surface area contributed by atoms with Gasteiger partial charge in [0.2, 0.25) is 0 Å². The Morgan fingerprint density at radius 3 is 2.59 bits per heavy atom. The molecule has 1 N–H and O–H groups in total. The fraction of sp³-hybridized carbons (Fsp3) is 0.238. The number of pyridine rings is 1. The molecule has 1 amide bonds. The highest BCUT2D eigenvalue weighted by molar-refractivity contribution is 6.00. The molecule has 0 aliphatic rings. The maximum atomic E-state index is 13.1. The van der Waals surface area contributed by atoms with E-state index in [1.54, 1.807) is 34.6 Å². The van der Waals surface area contributed by atoms with E-state index in [-0.39, 0.29) is 17.1 Å². The van der Waals surface area contributed by atoms with Crippen molar-refractivity contribution < 1.29 is 23.0 Å². The number of hydrogen-bond donors (Lipinski definition) is 1. The Kier molecular flexibility index (Phi) is 5.71. The second-order valence-electron chi connectivity index (χ2n) is 6.84. The molecule has 0 bridgehead atoms. The normalized spacial score (nSPS) is 11.2. The highest BCUT2D eigenvalue weighted by atomic mass is 19.3. The largest absolute Gasteiger partial charge is 0.496 e. The number of amides is 1. The lowest BCUT2D eigenvalue weighted by molar-refractivity contribution is -0.0502. The highest BCUT2D eigenvalue weighted by Crippen LogP contribution is 2.34. The maximum absolute atomic E-state index is 13.1. The number of aryl methyl sites for hydroxylation is 1. The van der Waals surface area contributed by atoms with Gasteiger partial charge in [-0.1, -0.05) is 0 Å². The number of halogens is 2. The van der Waals surface area contributed by atoms with Gasteiger partial charge in [-0.05, 0) is 13.0 Å². The van der Waals surface area contributed by atoms with Gasteiger partial charge >= 0.3 is 6.61 Å². The van der Waals surface area contributed by atoms with Crippen molar-refractivity contribution in [3.63, 3.8) is 0 Å². The molecule has 166 valence electrons. The van der Waals surface area contributed by atoms with Gasteiger partial charge in [0.05, 0.1) is 19.0 Å². The molecule has 1 aromatic carbocycles. The Labute approximate surface area is 181 Å². The molecule has 3 heterocycles. The predicted octanol–water partition coefficient (Wildman–Crippen LogP) is 3.18. The van der Waals surface area contributed by atoms with E-state index < -0.39 is 12.5 Å². The molecule has 0 atom stereocenters. The third kappa shape index (κ3) is 3.96. The Bertz CT molecular complexity index is 1280. The molecule has 4 rings (SSSR count). The summed E-state index contributed by atoms with van der Waals surface area (Å²) in [6, 6.07) is 4.73. The van der Waals surface area contributed by atoms with Crippen LogP contribution in [0.3, 0.4) is 0 Å². The van der Waals surface area contributed by atoms with Gasteiger partial charge in [-0.3, -0.25) is 14.0 Å². The van der Waals surface area contributed by atoms with Gasteiger partial charge in [-0.25, -0.2) is 9.97 Å². The number of alkyl halides is 2. The zero-order valence-electron chi connectivity index (χ0n) is 17.5. The zero-order chi connectivity index (χ0) is 22.8. The van der Waals surface area contributed by atoms with Gasteiger partial charge in [-0.2, -0.15) is 13.9 Å². The molecule has 32 heavy (non-hydrogen) atoms. The first-order chi connectivity index (χ1) is 15.4.